The van der Waals surface area contributed by atoms with Gasteiger partial charge in [0.05, 0.1) is 5.69 Å². The highest BCUT2D eigenvalue weighted by Gasteiger charge is 2.26. The number of aromatic nitrogens is 4. The molecule has 0 fully saturated rings. The van der Waals surface area contributed by atoms with Gasteiger partial charge in [-0.2, -0.15) is 5.10 Å². The summed E-state index contributed by atoms with van der Waals surface area (Å²) in [6, 6.07) is 7.92. The fraction of sp³-hybridized carbons (Fsp3) is 0.217. The molecular formula is C23H23N5O. The number of aryl methyl sites for hydroxylation is 3. The zero-order valence-electron chi connectivity index (χ0n) is 16.6. The van der Waals surface area contributed by atoms with E-state index in [0.29, 0.717) is 5.57 Å². The second-order valence-corrected chi connectivity index (χ2v) is 7.19. The highest BCUT2D eigenvalue weighted by molar-refractivity contribution is 6.01. The third-order valence-corrected chi connectivity index (χ3v) is 5.24. The SMILES string of the molecule is C=C/C(=C\c1c(-c2c(-c3cccc(C)n3)nn3c2CCC3)ccnc1C)C(N)=O. The van der Waals surface area contributed by atoms with E-state index >= 15 is 0 Å². The molecule has 4 heterocycles. The molecule has 1 amide bonds. The van der Waals surface area contributed by atoms with Crippen molar-refractivity contribution in [2.24, 2.45) is 5.73 Å². The fourth-order valence-corrected chi connectivity index (χ4v) is 3.83. The van der Waals surface area contributed by atoms with E-state index in [1.807, 2.05) is 38.1 Å². The van der Waals surface area contributed by atoms with Gasteiger partial charge in [-0.15, -0.1) is 0 Å². The van der Waals surface area contributed by atoms with Crippen LogP contribution in [0.25, 0.3) is 28.6 Å². The van der Waals surface area contributed by atoms with E-state index in [1.54, 1.807) is 12.3 Å². The van der Waals surface area contributed by atoms with Gasteiger partial charge in [0.1, 0.15) is 5.69 Å². The van der Waals surface area contributed by atoms with Crippen molar-refractivity contribution in [3.05, 3.63) is 71.3 Å². The van der Waals surface area contributed by atoms with Gasteiger partial charge in [0.15, 0.2) is 0 Å². The summed E-state index contributed by atoms with van der Waals surface area (Å²) in [5.74, 6) is -0.519. The molecule has 0 unspecified atom stereocenters. The Morgan fingerprint density at radius 3 is 2.83 bits per heavy atom. The maximum absolute atomic E-state index is 11.8. The quantitative estimate of drug-likeness (QED) is 0.537. The van der Waals surface area contributed by atoms with Gasteiger partial charge in [-0.05, 0) is 56.5 Å². The minimum absolute atomic E-state index is 0.349. The molecule has 4 rings (SSSR count). The van der Waals surface area contributed by atoms with Crippen LogP contribution in [0, 0.1) is 13.8 Å². The lowest BCUT2D eigenvalue weighted by Crippen LogP contribution is -2.12. The topological polar surface area (TPSA) is 86.7 Å². The van der Waals surface area contributed by atoms with Gasteiger partial charge in [-0.25, -0.2) is 0 Å². The van der Waals surface area contributed by atoms with Gasteiger partial charge < -0.3 is 5.73 Å². The van der Waals surface area contributed by atoms with Gasteiger partial charge in [0, 0.05) is 46.5 Å². The van der Waals surface area contributed by atoms with Gasteiger partial charge in [0.25, 0.3) is 0 Å². The number of nitrogens with zero attached hydrogens (tertiary/aromatic N) is 4. The Labute approximate surface area is 169 Å². The van der Waals surface area contributed by atoms with Crippen LogP contribution >= 0.6 is 0 Å². The zero-order valence-corrected chi connectivity index (χ0v) is 16.6. The second-order valence-electron chi connectivity index (χ2n) is 7.19. The van der Waals surface area contributed by atoms with E-state index in [0.717, 1.165) is 58.9 Å². The number of pyridine rings is 2. The molecule has 0 spiro atoms. The number of carbonyl (C=O) groups is 1. The van der Waals surface area contributed by atoms with E-state index in [9.17, 15) is 4.79 Å². The minimum Gasteiger partial charge on any atom is -0.366 e. The Morgan fingerprint density at radius 2 is 2.10 bits per heavy atom. The van der Waals surface area contributed by atoms with Crippen LogP contribution in [0.1, 0.15) is 29.1 Å². The number of nitrogens with two attached hydrogens (primary N) is 1. The first-order valence-corrected chi connectivity index (χ1v) is 9.63. The Hall–Kier alpha value is -3.54. The Balaban J connectivity index is 2.01. The van der Waals surface area contributed by atoms with E-state index in [1.165, 1.54) is 11.8 Å². The third-order valence-electron chi connectivity index (χ3n) is 5.24. The number of rotatable bonds is 5. The summed E-state index contributed by atoms with van der Waals surface area (Å²) < 4.78 is 2.07. The predicted molar refractivity (Wildman–Crippen MR) is 114 cm³/mol. The van der Waals surface area contributed by atoms with E-state index in [4.69, 9.17) is 15.8 Å². The van der Waals surface area contributed by atoms with Crippen molar-refractivity contribution >= 4 is 12.0 Å². The molecule has 0 aromatic carbocycles. The molecule has 0 bridgehead atoms. The number of amides is 1. The van der Waals surface area contributed by atoms with E-state index in [2.05, 4.69) is 16.2 Å². The van der Waals surface area contributed by atoms with Crippen molar-refractivity contribution in [2.75, 3.05) is 0 Å². The molecule has 0 saturated heterocycles. The lowest BCUT2D eigenvalue weighted by molar-refractivity contribution is -0.114. The first kappa shape index (κ1) is 18.8. The summed E-state index contributed by atoms with van der Waals surface area (Å²) >= 11 is 0. The molecule has 0 aliphatic carbocycles. The van der Waals surface area contributed by atoms with Crippen LogP contribution in [0.3, 0.4) is 0 Å². The molecule has 6 heteroatoms. The molecule has 2 N–H and O–H groups in total. The standard InChI is InChI=1S/C23H23N5O/c1-4-16(23(24)29)13-18-15(3)25-11-10-17(18)21-20-9-6-12-28(20)27-22(21)19-8-5-7-14(2)26-19/h4-5,7-8,10-11,13H,1,6,9,12H2,2-3H3,(H2,24,29)/b16-13+. The maximum atomic E-state index is 11.8. The number of fused-ring (bicyclic) bond motifs is 1. The molecule has 146 valence electrons. The average Bonchev–Trinajstić information content (AvgIpc) is 3.28. The van der Waals surface area contributed by atoms with Gasteiger partial charge in [-0.3, -0.25) is 19.4 Å². The Morgan fingerprint density at radius 1 is 1.28 bits per heavy atom. The summed E-state index contributed by atoms with van der Waals surface area (Å²) in [6.07, 6.45) is 7.03. The third kappa shape index (κ3) is 3.38. The molecule has 1 aliphatic heterocycles. The van der Waals surface area contributed by atoms with E-state index < -0.39 is 5.91 Å². The zero-order chi connectivity index (χ0) is 20.5. The summed E-state index contributed by atoms with van der Waals surface area (Å²) in [4.78, 5) is 20.9. The largest absolute Gasteiger partial charge is 0.366 e. The van der Waals surface area contributed by atoms with Crippen molar-refractivity contribution in [2.45, 2.75) is 33.2 Å². The van der Waals surface area contributed by atoms with Crippen LogP contribution in [0.15, 0.2) is 48.7 Å². The van der Waals surface area contributed by atoms with Crippen molar-refractivity contribution < 1.29 is 4.79 Å². The van der Waals surface area contributed by atoms with Crippen LogP contribution in [0.2, 0.25) is 0 Å². The van der Waals surface area contributed by atoms with Crippen LogP contribution in [0.4, 0.5) is 0 Å². The molecule has 0 saturated carbocycles. The van der Waals surface area contributed by atoms with E-state index in [-0.39, 0.29) is 0 Å². The number of carbonyl (C=O) groups excluding carboxylic acids is 1. The molecule has 29 heavy (non-hydrogen) atoms. The monoisotopic (exact) mass is 385 g/mol. The smallest absolute Gasteiger partial charge is 0.248 e. The lowest BCUT2D eigenvalue weighted by atomic mass is 9.94. The molecule has 0 atom stereocenters. The highest BCUT2D eigenvalue weighted by Crippen LogP contribution is 2.39. The molecule has 0 radical (unpaired) electrons. The summed E-state index contributed by atoms with van der Waals surface area (Å²) in [7, 11) is 0. The average molecular weight is 385 g/mol. The second kappa shape index (κ2) is 7.47. The lowest BCUT2D eigenvalue weighted by Gasteiger charge is -2.12. The molecule has 3 aromatic rings. The normalized spacial score (nSPS) is 13.4. The predicted octanol–water partition coefficient (Wildman–Crippen LogP) is 3.62. The van der Waals surface area contributed by atoms with Crippen molar-refractivity contribution in [3.63, 3.8) is 0 Å². The summed E-state index contributed by atoms with van der Waals surface area (Å²) in [5.41, 5.74) is 13.3. The molecule has 6 nitrogen and oxygen atoms in total. The number of primary amides is 1. The fourth-order valence-electron chi connectivity index (χ4n) is 3.83. The summed E-state index contributed by atoms with van der Waals surface area (Å²) in [6.45, 7) is 8.50. The summed E-state index contributed by atoms with van der Waals surface area (Å²) in [5, 5.41) is 4.88. The minimum atomic E-state index is -0.519. The Kier molecular flexibility index (Phi) is 4.84. The van der Waals surface area contributed by atoms with Gasteiger partial charge in [-0.1, -0.05) is 18.7 Å². The van der Waals surface area contributed by atoms with Crippen molar-refractivity contribution in [1.82, 2.24) is 19.7 Å². The number of hydrogen-bond acceptors (Lipinski definition) is 4. The molecule has 1 aliphatic rings. The van der Waals surface area contributed by atoms with Gasteiger partial charge >= 0.3 is 0 Å². The van der Waals surface area contributed by atoms with Crippen LogP contribution < -0.4 is 5.73 Å². The number of hydrogen-bond donors (Lipinski definition) is 1. The maximum Gasteiger partial charge on any atom is 0.248 e. The van der Waals surface area contributed by atoms with Crippen LogP contribution in [-0.4, -0.2) is 25.7 Å². The highest BCUT2D eigenvalue weighted by atomic mass is 16.1. The molecule has 3 aromatic heterocycles. The van der Waals surface area contributed by atoms with Crippen molar-refractivity contribution in [3.8, 4) is 22.5 Å². The molecular weight excluding hydrogens is 362 g/mol. The van der Waals surface area contributed by atoms with Gasteiger partial charge in [0.2, 0.25) is 5.91 Å². The Bertz CT molecular complexity index is 1160. The first-order valence-electron chi connectivity index (χ1n) is 9.63. The van der Waals surface area contributed by atoms with Crippen LogP contribution in [-0.2, 0) is 17.8 Å². The first-order chi connectivity index (χ1) is 14.0. The van der Waals surface area contributed by atoms with Crippen molar-refractivity contribution in [1.29, 1.82) is 0 Å². The van der Waals surface area contributed by atoms with Crippen LogP contribution in [0.5, 0.6) is 0 Å².